The Bertz CT molecular complexity index is 559. The number of ketones is 2. The van der Waals surface area contributed by atoms with E-state index in [4.69, 9.17) is 0 Å². The third kappa shape index (κ3) is 3.62. The third-order valence-corrected chi connectivity index (χ3v) is 5.28. The van der Waals surface area contributed by atoms with E-state index < -0.39 is 5.92 Å². The smallest absolute Gasteiger partial charge is 0.148 e. The van der Waals surface area contributed by atoms with Gasteiger partial charge in [0.1, 0.15) is 17.5 Å². The Hall–Kier alpha value is -1.09. The molecule has 0 saturated heterocycles. The quantitative estimate of drug-likeness (QED) is 0.761. The van der Waals surface area contributed by atoms with Crippen LogP contribution in [0.3, 0.4) is 0 Å². The van der Waals surface area contributed by atoms with Gasteiger partial charge in [-0.3, -0.25) is 9.59 Å². The van der Waals surface area contributed by atoms with Crippen molar-refractivity contribution in [2.75, 3.05) is 12.0 Å². The van der Waals surface area contributed by atoms with Crippen LogP contribution >= 0.6 is 11.8 Å². The normalized spacial score (nSPS) is 22.2. The summed E-state index contributed by atoms with van der Waals surface area (Å²) in [4.78, 5) is 25.3. The summed E-state index contributed by atoms with van der Waals surface area (Å²) in [6.07, 6.45) is 5.03. The highest BCUT2D eigenvalue weighted by Gasteiger charge is 2.37. The van der Waals surface area contributed by atoms with Crippen molar-refractivity contribution >= 4 is 23.3 Å². The molecular formula is C19H26O2S. The molecule has 1 aromatic rings. The predicted molar refractivity (Wildman–Crippen MR) is 93.8 cm³/mol. The second-order valence-electron chi connectivity index (χ2n) is 6.43. The van der Waals surface area contributed by atoms with E-state index >= 15 is 0 Å². The molecule has 1 aromatic carbocycles. The Labute approximate surface area is 138 Å². The molecule has 0 bridgehead atoms. The van der Waals surface area contributed by atoms with E-state index in [9.17, 15) is 9.59 Å². The van der Waals surface area contributed by atoms with Gasteiger partial charge in [0, 0.05) is 12.8 Å². The molecule has 0 N–H and O–H groups in total. The number of aryl methyl sites for hydroxylation is 3. The summed E-state index contributed by atoms with van der Waals surface area (Å²) in [6.45, 7) is 6.19. The monoisotopic (exact) mass is 318 g/mol. The van der Waals surface area contributed by atoms with E-state index in [-0.39, 0.29) is 17.5 Å². The first kappa shape index (κ1) is 17.3. The van der Waals surface area contributed by atoms with Crippen LogP contribution in [0.4, 0.5) is 0 Å². The topological polar surface area (TPSA) is 34.1 Å². The van der Waals surface area contributed by atoms with Crippen molar-refractivity contribution in [2.24, 2.45) is 5.92 Å². The largest absolute Gasteiger partial charge is 0.299 e. The van der Waals surface area contributed by atoms with E-state index in [0.717, 1.165) is 35.3 Å². The van der Waals surface area contributed by atoms with E-state index in [2.05, 4.69) is 32.2 Å². The van der Waals surface area contributed by atoms with Gasteiger partial charge in [-0.1, -0.05) is 24.6 Å². The molecule has 0 radical (unpaired) electrons. The van der Waals surface area contributed by atoms with E-state index in [1.54, 1.807) is 11.8 Å². The second kappa shape index (κ2) is 7.45. The maximum absolute atomic E-state index is 12.7. The van der Waals surface area contributed by atoms with Crippen LogP contribution in [-0.4, -0.2) is 23.6 Å². The molecule has 0 unspecified atom stereocenters. The number of hydrogen-bond acceptors (Lipinski definition) is 3. The van der Waals surface area contributed by atoms with E-state index in [1.807, 2.05) is 6.92 Å². The molecule has 1 fully saturated rings. The lowest BCUT2D eigenvalue weighted by atomic mass is 9.73. The Morgan fingerprint density at radius 2 is 1.77 bits per heavy atom. The Kier molecular flexibility index (Phi) is 5.85. The van der Waals surface area contributed by atoms with Crippen molar-refractivity contribution in [1.82, 2.24) is 0 Å². The van der Waals surface area contributed by atoms with Gasteiger partial charge >= 0.3 is 0 Å². The minimum absolute atomic E-state index is 0.129. The molecule has 0 heterocycles. The lowest BCUT2D eigenvalue weighted by Crippen LogP contribution is -2.33. The van der Waals surface area contributed by atoms with E-state index in [0.29, 0.717) is 12.8 Å². The maximum Gasteiger partial charge on any atom is 0.148 e. The highest BCUT2D eigenvalue weighted by atomic mass is 32.2. The van der Waals surface area contributed by atoms with Gasteiger partial charge in [0.25, 0.3) is 0 Å². The van der Waals surface area contributed by atoms with Crippen LogP contribution in [0.15, 0.2) is 12.1 Å². The fourth-order valence-electron chi connectivity index (χ4n) is 3.64. The van der Waals surface area contributed by atoms with Crippen molar-refractivity contribution in [3.8, 4) is 0 Å². The summed E-state index contributed by atoms with van der Waals surface area (Å²) in [5.74, 6) is 1.02. The maximum atomic E-state index is 12.7. The number of carbonyl (C=O) groups excluding carboxylic acids is 2. The third-order valence-electron chi connectivity index (χ3n) is 4.64. The highest BCUT2D eigenvalue weighted by Crippen LogP contribution is 2.36. The molecule has 0 spiro atoms. The van der Waals surface area contributed by atoms with Gasteiger partial charge in [0.05, 0.1) is 0 Å². The molecule has 22 heavy (non-hydrogen) atoms. The predicted octanol–water partition coefficient (Wildman–Crippen LogP) is 4.25. The van der Waals surface area contributed by atoms with Crippen LogP contribution in [0.25, 0.3) is 0 Å². The summed E-state index contributed by atoms with van der Waals surface area (Å²) in [6, 6.07) is 4.22. The van der Waals surface area contributed by atoms with Gasteiger partial charge in [-0.2, -0.15) is 11.8 Å². The molecule has 3 heteroatoms. The van der Waals surface area contributed by atoms with Crippen molar-refractivity contribution in [1.29, 1.82) is 0 Å². The molecule has 2 rings (SSSR count). The fourth-order valence-corrected chi connectivity index (χ4v) is 4.21. The first-order valence-electron chi connectivity index (χ1n) is 8.12. The van der Waals surface area contributed by atoms with Crippen LogP contribution in [0.2, 0.25) is 0 Å². The average molecular weight is 318 g/mol. The number of benzene rings is 1. The van der Waals surface area contributed by atoms with Crippen LogP contribution in [0.5, 0.6) is 0 Å². The van der Waals surface area contributed by atoms with Crippen LogP contribution in [0, 0.1) is 19.8 Å². The fraction of sp³-hybridized carbons (Fsp3) is 0.579. The minimum atomic E-state index is -0.513. The van der Waals surface area contributed by atoms with Crippen LogP contribution < -0.4 is 0 Å². The van der Waals surface area contributed by atoms with Crippen molar-refractivity contribution < 1.29 is 9.59 Å². The minimum Gasteiger partial charge on any atom is -0.299 e. The first-order valence-corrected chi connectivity index (χ1v) is 9.51. The number of hydrogen-bond donors (Lipinski definition) is 0. The van der Waals surface area contributed by atoms with Gasteiger partial charge in [-0.15, -0.1) is 0 Å². The molecule has 0 aromatic heterocycles. The molecule has 1 aliphatic carbocycles. The molecule has 0 amide bonds. The zero-order valence-corrected chi connectivity index (χ0v) is 14.9. The van der Waals surface area contributed by atoms with Gasteiger partial charge in [0.2, 0.25) is 0 Å². The van der Waals surface area contributed by atoms with Crippen molar-refractivity contribution in [3.63, 3.8) is 0 Å². The molecule has 120 valence electrons. The van der Waals surface area contributed by atoms with Crippen molar-refractivity contribution in [3.05, 3.63) is 34.4 Å². The molecular weight excluding hydrogens is 292 g/mol. The average Bonchev–Trinajstić information content (AvgIpc) is 2.46. The molecule has 0 atom stereocenters. The molecule has 1 saturated carbocycles. The van der Waals surface area contributed by atoms with Gasteiger partial charge in [-0.25, -0.2) is 0 Å². The van der Waals surface area contributed by atoms with Crippen LogP contribution in [-0.2, 0) is 16.0 Å². The zero-order chi connectivity index (χ0) is 16.3. The lowest BCUT2D eigenvalue weighted by Gasteiger charge is -2.29. The van der Waals surface area contributed by atoms with Crippen LogP contribution in [0.1, 0.15) is 54.4 Å². The van der Waals surface area contributed by atoms with Gasteiger partial charge in [0.15, 0.2) is 0 Å². The first-order chi connectivity index (χ1) is 10.5. The van der Waals surface area contributed by atoms with Gasteiger partial charge < -0.3 is 0 Å². The summed E-state index contributed by atoms with van der Waals surface area (Å²) in [5, 5.41) is 0. The molecule has 1 aliphatic rings. The number of thioether (sulfide) groups is 1. The highest BCUT2D eigenvalue weighted by molar-refractivity contribution is 7.98. The number of carbonyl (C=O) groups is 2. The van der Waals surface area contributed by atoms with Gasteiger partial charge in [-0.05, 0) is 61.3 Å². The Morgan fingerprint density at radius 3 is 2.32 bits per heavy atom. The van der Waals surface area contributed by atoms with E-state index in [1.165, 1.54) is 5.56 Å². The summed E-state index contributed by atoms with van der Waals surface area (Å²) in [5.41, 5.74) is 4.44. The lowest BCUT2D eigenvalue weighted by molar-refractivity contribution is -0.133. The summed E-state index contributed by atoms with van der Waals surface area (Å²) < 4.78 is 0. The summed E-state index contributed by atoms with van der Waals surface area (Å²) >= 11 is 1.78. The Morgan fingerprint density at radius 1 is 1.14 bits per heavy atom. The van der Waals surface area contributed by atoms with Crippen molar-refractivity contribution in [2.45, 2.75) is 52.4 Å². The molecule has 0 aliphatic heterocycles. The standard InChI is InChI=1S/C19H26O2S/c1-5-15-9-12(2)8-13(3)18(15)19-16(20)10-14(6-7-22-4)11-17(19)21/h8-9,14,19H,5-7,10-11H2,1-4H3. The molecule has 2 nitrogen and oxygen atoms in total. The number of Topliss-reactive ketones (excluding diaryl/α,β-unsaturated/α-hetero) is 2. The SMILES string of the molecule is CCc1cc(C)cc(C)c1C1C(=O)CC(CCSC)CC1=O. The zero-order valence-electron chi connectivity index (χ0n) is 14.1. The number of rotatable bonds is 5. The second-order valence-corrected chi connectivity index (χ2v) is 7.42. The summed E-state index contributed by atoms with van der Waals surface area (Å²) in [7, 11) is 0. The Balaban J connectivity index is 2.30.